The minimum Gasteiger partial charge on any atom is -0.325 e. The summed E-state index contributed by atoms with van der Waals surface area (Å²) in [5.74, 6) is 0. The Bertz CT molecular complexity index is 224. The summed E-state index contributed by atoms with van der Waals surface area (Å²) >= 11 is 3.35. The molecule has 3 nitrogen and oxygen atoms in total. The van der Waals surface area contributed by atoms with E-state index >= 15 is 0 Å². The highest BCUT2D eigenvalue weighted by Gasteiger charge is 2.01. The highest BCUT2D eigenvalue weighted by Crippen LogP contribution is 2.13. The molecule has 0 radical (unpaired) electrons. The van der Waals surface area contributed by atoms with Crippen LogP contribution in [-0.4, -0.2) is 9.78 Å². The zero-order valence-electron chi connectivity index (χ0n) is 6.25. The molecular formula is C6H11BrClN3. The summed E-state index contributed by atoms with van der Waals surface area (Å²) < 4.78 is 2.85. The van der Waals surface area contributed by atoms with Gasteiger partial charge in [-0.1, -0.05) is 0 Å². The Kier molecular flexibility index (Phi) is 4.72. The second-order valence-electron chi connectivity index (χ2n) is 1.98. The predicted octanol–water partition coefficient (Wildman–Crippen LogP) is 1.55. The average Bonchev–Trinajstić information content (AvgIpc) is 2.30. The Hall–Kier alpha value is -0.0600. The van der Waals surface area contributed by atoms with Gasteiger partial charge in [0.25, 0.3) is 0 Å². The van der Waals surface area contributed by atoms with E-state index in [4.69, 9.17) is 5.73 Å². The number of nitrogens with two attached hydrogens (primary N) is 1. The van der Waals surface area contributed by atoms with E-state index in [1.165, 1.54) is 0 Å². The Labute approximate surface area is 80.5 Å². The van der Waals surface area contributed by atoms with Crippen molar-refractivity contribution in [1.82, 2.24) is 9.78 Å². The molecule has 0 unspecified atom stereocenters. The van der Waals surface area contributed by atoms with Gasteiger partial charge in [-0.2, -0.15) is 5.10 Å². The van der Waals surface area contributed by atoms with Gasteiger partial charge in [0, 0.05) is 19.3 Å². The van der Waals surface area contributed by atoms with Crippen LogP contribution in [0.2, 0.25) is 0 Å². The van der Waals surface area contributed by atoms with Gasteiger partial charge < -0.3 is 5.73 Å². The molecule has 0 bridgehead atoms. The molecule has 0 aliphatic rings. The summed E-state index contributed by atoms with van der Waals surface area (Å²) in [6.45, 7) is 3.42. The first-order valence-electron chi connectivity index (χ1n) is 3.19. The molecule has 0 aliphatic heterocycles. The minimum absolute atomic E-state index is 0. The Morgan fingerprint density at radius 2 is 2.36 bits per heavy atom. The lowest BCUT2D eigenvalue weighted by Gasteiger charge is -1.90. The van der Waals surface area contributed by atoms with E-state index in [0.717, 1.165) is 16.7 Å². The van der Waals surface area contributed by atoms with Crippen LogP contribution >= 0.6 is 28.3 Å². The van der Waals surface area contributed by atoms with E-state index in [1.807, 2.05) is 17.8 Å². The molecule has 1 aromatic heterocycles. The van der Waals surface area contributed by atoms with Gasteiger partial charge in [0.2, 0.25) is 0 Å². The summed E-state index contributed by atoms with van der Waals surface area (Å²) in [5, 5.41) is 4.19. The SMILES string of the molecule is CCn1cc(Br)c(CN)n1.Cl. The molecule has 1 aromatic rings. The molecule has 1 rings (SSSR count). The topological polar surface area (TPSA) is 43.8 Å². The summed E-state index contributed by atoms with van der Waals surface area (Å²) in [6.07, 6.45) is 1.93. The first-order chi connectivity index (χ1) is 4.77. The molecule has 0 amide bonds. The van der Waals surface area contributed by atoms with E-state index in [9.17, 15) is 0 Å². The third kappa shape index (κ3) is 2.47. The van der Waals surface area contributed by atoms with Crippen molar-refractivity contribution in [3.05, 3.63) is 16.4 Å². The highest BCUT2D eigenvalue weighted by molar-refractivity contribution is 9.10. The van der Waals surface area contributed by atoms with Gasteiger partial charge in [0.05, 0.1) is 10.2 Å². The van der Waals surface area contributed by atoms with E-state index in [-0.39, 0.29) is 12.4 Å². The summed E-state index contributed by atoms with van der Waals surface area (Å²) in [6, 6.07) is 0. The zero-order valence-corrected chi connectivity index (χ0v) is 8.65. The number of aromatic nitrogens is 2. The molecule has 0 saturated carbocycles. The largest absolute Gasteiger partial charge is 0.325 e. The predicted molar refractivity (Wildman–Crippen MR) is 50.7 cm³/mol. The van der Waals surface area contributed by atoms with Crippen LogP contribution in [-0.2, 0) is 13.1 Å². The number of hydrogen-bond donors (Lipinski definition) is 1. The number of rotatable bonds is 2. The molecule has 0 saturated heterocycles. The van der Waals surface area contributed by atoms with Crippen LogP contribution in [0.4, 0.5) is 0 Å². The van der Waals surface area contributed by atoms with Gasteiger partial charge in [0.15, 0.2) is 0 Å². The number of halogens is 2. The second kappa shape index (κ2) is 4.74. The zero-order chi connectivity index (χ0) is 7.56. The molecule has 5 heteroatoms. The number of nitrogens with zero attached hydrogens (tertiary/aromatic N) is 2. The van der Waals surface area contributed by atoms with Crippen molar-refractivity contribution in [2.75, 3.05) is 0 Å². The Morgan fingerprint density at radius 3 is 2.64 bits per heavy atom. The molecule has 2 N–H and O–H groups in total. The van der Waals surface area contributed by atoms with Crippen molar-refractivity contribution in [3.63, 3.8) is 0 Å². The van der Waals surface area contributed by atoms with Crippen molar-refractivity contribution in [2.24, 2.45) is 5.73 Å². The van der Waals surface area contributed by atoms with Gasteiger partial charge in [-0.25, -0.2) is 0 Å². The van der Waals surface area contributed by atoms with Crippen molar-refractivity contribution in [2.45, 2.75) is 20.0 Å². The van der Waals surface area contributed by atoms with E-state index in [1.54, 1.807) is 0 Å². The fraction of sp³-hybridized carbons (Fsp3) is 0.500. The molecular weight excluding hydrogens is 229 g/mol. The van der Waals surface area contributed by atoms with Crippen LogP contribution < -0.4 is 5.73 Å². The average molecular weight is 241 g/mol. The lowest BCUT2D eigenvalue weighted by Crippen LogP contribution is -2.00. The molecule has 0 aliphatic carbocycles. The first-order valence-corrected chi connectivity index (χ1v) is 3.99. The Morgan fingerprint density at radius 1 is 1.73 bits per heavy atom. The van der Waals surface area contributed by atoms with Crippen LogP contribution in [0.25, 0.3) is 0 Å². The molecule has 0 fully saturated rings. The van der Waals surface area contributed by atoms with Crippen molar-refractivity contribution in [1.29, 1.82) is 0 Å². The van der Waals surface area contributed by atoms with Gasteiger partial charge in [-0.3, -0.25) is 4.68 Å². The fourth-order valence-corrected chi connectivity index (χ4v) is 1.21. The van der Waals surface area contributed by atoms with Crippen LogP contribution in [0.3, 0.4) is 0 Å². The van der Waals surface area contributed by atoms with Crippen LogP contribution in [0.5, 0.6) is 0 Å². The third-order valence-electron chi connectivity index (χ3n) is 1.30. The van der Waals surface area contributed by atoms with Crippen LogP contribution in [0, 0.1) is 0 Å². The first kappa shape index (κ1) is 10.9. The maximum absolute atomic E-state index is 5.41. The monoisotopic (exact) mass is 239 g/mol. The highest BCUT2D eigenvalue weighted by atomic mass is 79.9. The van der Waals surface area contributed by atoms with Crippen LogP contribution in [0.1, 0.15) is 12.6 Å². The molecule has 0 aromatic carbocycles. The molecule has 0 atom stereocenters. The second-order valence-corrected chi connectivity index (χ2v) is 2.84. The van der Waals surface area contributed by atoms with Crippen molar-refractivity contribution in [3.8, 4) is 0 Å². The van der Waals surface area contributed by atoms with Gasteiger partial charge in [-0.05, 0) is 22.9 Å². The van der Waals surface area contributed by atoms with Gasteiger partial charge in [0.1, 0.15) is 0 Å². The van der Waals surface area contributed by atoms with E-state index in [0.29, 0.717) is 6.54 Å². The maximum Gasteiger partial charge on any atom is 0.0902 e. The molecule has 11 heavy (non-hydrogen) atoms. The maximum atomic E-state index is 5.41. The lowest BCUT2D eigenvalue weighted by atomic mass is 10.4. The van der Waals surface area contributed by atoms with E-state index in [2.05, 4.69) is 21.0 Å². The Balaban J connectivity index is 0.000001000. The number of hydrogen-bond acceptors (Lipinski definition) is 2. The quantitative estimate of drug-likeness (QED) is 0.852. The van der Waals surface area contributed by atoms with Crippen LogP contribution in [0.15, 0.2) is 10.7 Å². The third-order valence-corrected chi connectivity index (χ3v) is 1.97. The molecule has 0 spiro atoms. The normalized spacial score (nSPS) is 9.36. The van der Waals surface area contributed by atoms with Gasteiger partial charge >= 0.3 is 0 Å². The molecule has 1 heterocycles. The number of aryl methyl sites for hydroxylation is 1. The lowest BCUT2D eigenvalue weighted by molar-refractivity contribution is 0.647. The summed E-state index contributed by atoms with van der Waals surface area (Å²) in [4.78, 5) is 0. The van der Waals surface area contributed by atoms with Gasteiger partial charge in [-0.15, -0.1) is 12.4 Å². The summed E-state index contributed by atoms with van der Waals surface area (Å²) in [7, 11) is 0. The smallest absolute Gasteiger partial charge is 0.0902 e. The summed E-state index contributed by atoms with van der Waals surface area (Å²) in [5.41, 5.74) is 6.33. The standard InChI is InChI=1S/C6H10BrN3.ClH/c1-2-10-4-5(7)6(3-8)9-10;/h4H,2-3,8H2,1H3;1H. The molecule has 64 valence electrons. The van der Waals surface area contributed by atoms with Crippen molar-refractivity contribution < 1.29 is 0 Å². The van der Waals surface area contributed by atoms with Crippen molar-refractivity contribution >= 4 is 28.3 Å². The van der Waals surface area contributed by atoms with E-state index < -0.39 is 0 Å². The minimum atomic E-state index is 0. The fourth-order valence-electron chi connectivity index (χ4n) is 0.737.